The van der Waals surface area contributed by atoms with Gasteiger partial charge in [-0.15, -0.1) is 0 Å². The van der Waals surface area contributed by atoms with E-state index < -0.39 is 0 Å². The van der Waals surface area contributed by atoms with Crippen molar-refractivity contribution in [3.63, 3.8) is 0 Å². The minimum atomic E-state index is 0.238. The van der Waals surface area contributed by atoms with Gasteiger partial charge in [-0.05, 0) is 25.0 Å². The molecule has 0 bridgehead atoms. The van der Waals surface area contributed by atoms with Gasteiger partial charge in [-0.1, -0.05) is 18.2 Å². The van der Waals surface area contributed by atoms with Crippen LogP contribution in [0.15, 0.2) is 36.5 Å². The quantitative estimate of drug-likeness (QED) is 0.465. The van der Waals surface area contributed by atoms with E-state index in [1.807, 2.05) is 30.3 Å². The Hall–Kier alpha value is -2.10. The third kappa shape index (κ3) is 3.20. The van der Waals surface area contributed by atoms with Crippen LogP contribution in [0.25, 0.3) is 10.9 Å². The molecule has 0 saturated carbocycles. The Morgan fingerprint density at radius 3 is 2.89 bits per heavy atom. The molecule has 0 aliphatic rings. The molecule has 0 spiro atoms. The van der Waals surface area contributed by atoms with E-state index in [0.717, 1.165) is 29.5 Å². The van der Waals surface area contributed by atoms with E-state index in [1.54, 1.807) is 6.20 Å². The van der Waals surface area contributed by atoms with Crippen molar-refractivity contribution in [3.8, 4) is 5.75 Å². The molecular formula is C14H17N3O. The predicted molar refractivity (Wildman–Crippen MR) is 73.0 cm³/mol. The van der Waals surface area contributed by atoms with Crippen LogP contribution in [0.3, 0.4) is 0 Å². The van der Waals surface area contributed by atoms with Gasteiger partial charge in [0.1, 0.15) is 11.3 Å². The van der Waals surface area contributed by atoms with Crippen LogP contribution < -0.4 is 10.5 Å². The summed E-state index contributed by atoms with van der Waals surface area (Å²) in [6.07, 6.45) is 4.18. The molecule has 0 radical (unpaired) electrons. The van der Waals surface area contributed by atoms with Gasteiger partial charge in [-0.25, -0.2) is 0 Å². The number of aromatic nitrogens is 1. The van der Waals surface area contributed by atoms with Crippen molar-refractivity contribution < 1.29 is 4.74 Å². The van der Waals surface area contributed by atoms with Crippen LogP contribution in [0.4, 0.5) is 0 Å². The van der Waals surface area contributed by atoms with Gasteiger partial charge in [0.15, 0.2) is 0 Å². The molecule has 0 amide bonds. The maximum atomic E-state index is 7.13. The number of unbranched alkanes of at least 4 members (excludes halogenated alkanes) is 1. The van der Waals surface area contributed by atoms with Gasteiger partial charge in [0.25, 0.3) is 0 Å². The van der Waals surface area contributed by atoms with E-state index in [9.17, 15) is 0 Å². The summed E-state index contributed by atoms with van der Waals surface area (Å²) in [6.45, 7) is 0.628. The Kier molecular flexibility index (Phi) is 4.12. The Labute approximate surface area is 106 Å². The smallest absolute Gasteiger partial charge is 0.145 e. The zero-order valence-corrected chi connectivity index (χ0v) is 10.2. The van der Waals surface area contributed by atoms with Crippen molar-refractivity contribution in [1.82, 2.24) is 4.98 Å². The Balaban J connectivity index is 1.93. The topological polar surface area (TPSA) is 72.0 Å². The fourth-order valence-electron chi connectivity index (χ4n) is 1.79. The average Bonchev–Trinajstić information content (AvgIpc) is 2.38. The maximum Gasteiger partial charge on any atom is 0.145 e. The molecule has 4 heteroatoms. The van der Waals surface area contributed by atoms with Crippen molar-refractivity contribution >= 4 is 16.7 Å². The van der Waals surface area contributed by atoms with Crippen LogP contribution in [0, 0.1) is 5.41 Å². The van der Waals surface area contributed by atoms with E-state index >= 15 is 0 Å². The molecule has 0 atom stereocenters. The van der Waals surface area contributed by atoms with Crippen molar-refractivity contribution in [2.75, 3.05) is 6.61 Å². The van der Waals surface area contributed by atoms with Gasteiger partial charge in [0.05, 0.1) is 12.4 Å². The molecule has 0 saturated heterocycles. The zero-order chi connectivity index (χ0) is 12.8. The van der Waals surface area contributed by atoms with Crippen LogP contribution in [0.5, 0.6) is 5.75 Å². The minimum Gasteiger partial charge on any atom is -0.491 e. The van der Waals surface area contributed by atoms with Gasteiger partial charge in [-0.3, -0.25) is 10.4 Å². The lowest BCUT2D eigenvalue weighted by Gasteiger charge is -2.08. The number of nitrogens with one attached hydrogen (secondary N) is 1. The zero-order valence-electron chi connectivity index (χ0n) is 10.2. The summed E-state index contributed by atoms with van der Waals surface area (Å²) in [6, 6.07) is 9.85. The summed E-state index contributed by atoms with van der Waals surface area (Å²) in [5.41, 5.74) is 6.19. The second-order valence-corrected chi connectivity index (χ2v) is 4.16. The van der Waals surface area contributed by atoms with Gasteiger partial charge < -0.3 is 10.5 Å². The lowest BCUT2D eigenvalue weighted by Crippen LogP contribution is -2.09. The molecular weight excluding hydrogens is 226 g/mol. The second kappa shape index (κ2) is 6.00. The first-order valence-electron chi connectivity index (χ1n) is 6.07. The predicted octanol–water partition coefficient (Wildman–Crippen LogP) is 2.72. The number of pyridine rings is 1. The highest BCUT2D eigenvalue weighted by Crippen LogP contribution is 2.23. The van der Waals surface area contributed by atoms with Crippen molar-refractivity contribution in [1.29, 1.82) is 5.41 Å². The first-order valence-corrected chi connectivity index (χ1v) is 6.07. The molecule has 1 aromatic heterocycles. The van der Waals surface area contributed by atoms with Crippen LogP contribution in [-0.2, 0) is 0 Å². The second-order valence-electron chi connectivity index (χ2n) is 4.16. The molecule has 94 valence electrons. The number of hydrogen-bond acceptors (Lipinski definition) is 3. The van der Waals surface area contributed by atoms with Gasteiger partial charge in [0.2, 0.25) is 0 Å². The molecule has 1 heterocycles. The average molecular weight is 243 g/mol. The molecule has 2 rings (SSSR count). The van der Waals surface area contributed by atoms with E-state index in [1.165, 1.54) is 0 Å². The van der Waals surface area contributed by atoms with Crippen molar-refractivity contribution in [2.24, 2.45) is 5.73 Å². The fraction of sp³-hybridized carbons (Fsp3) is 0.286. The minimum absolute atomic E-state index is 0.238. The first-order chi connectivity index (χ1) is 8.77. The number of ether oxygens (including phenoxy) is 1. The van der Waals surface area contributed by atoms with Crippen LogP contribution in [0.2, 0.25) is 0 Å². The highest BCUT2D eigenvalue weighted by atomic mass is 16.5. The van der Waals surface area contributed by atoms with Crippen molar-refractivity contribution in [2.45, 2.75) is 19.3 Å². The number of hydrogen-bond donors (Lipinski definition) is 2. The van der Waals surface area contributed by atoms with Gasteiger partial charge >= 0.3 is 0 Å². The first kappa shape index (κ1) is 12.4. The summed E-state index contributed by atoms with van der Waals surface area (Å²) < 4.78 is 5.73. The van der Waals surface area contributed by atoms with Crippen LogP contribution in [0.1, 0.15) is 19.3 Å². The van der Waals surface area contributed by atoms with Gasteiger partial charge in [0, 0.05) is 18.0 Å². The van der Waals surface area contributed by atoms with E-state index in [-0.39, 0.29) is 5.84 Å². The Morgan fingerprint density at radius 2 is 2.06 bits per heavy atom. The molecule has 0 aliphatic carbocycles. The Morgan fingerprint density at radius 1 is 1.22 bits per heavy atom. The molecule has 1 aromatic carbocycles. The molecule has 4 nitrogen and oxygen atoms in total. The normalized spacial score (nSPS) is 10.4. The van der Waals surface area contributed by atoms with Crippen LogP contribution in [-0.4, -0.2) is 17.4 Å². The largest absolute Gasteiger partial charge is 0.491 e. The third-order valence-corrected chi connectivity index (χ3v) is 2.69. The number of nitrogens with two attached hydrogens (primary N) is 1. The van der Waals surface area contributed by atoms with Crippen LogP contribution >= 0.6 is 0 Å². The summed E-state index contributed by atoms with van der Waals surface area (Å²) >= 11 is 0. The van der Waals surface area contributed by atoms with E-state index in [4.69, 9.17) is 15.9 Å². The van der Waals surface area contributed by atoms with E-state index in [2.05, 4.69) is 4.98 Å². The summed E-state index contributed by atoms with van der Waals surface area (Å²) in [4.78, 5) is 4.33. The van der Waals surface area contributed by atoms with Crippen molar-refractivity contribution in [3.05, 3.63) is 36.5 Å². The fourth-order valence-corrected chi connectivity index (χ4v) is 1.79. The molecule has 3 N–H and O–H groups in total. The summed E-state index contributed by atoms with van der Waals surface area (Å²) in [7, 11) is 0. The highest BCUT2D eigenvalue weighted by Gasteiger charge is 2.02. The highest BCUT2D eigenvalue weighted by molar-refractivity contribution is 5.84. The number of benzene rings is 1. The summed E-state index contributed by atoms with van der Waals surface area (Å²) in [5.74, 6) is 1.05. The Bertz CT molecular complexity index is 534. The summed E-state index contributed by atoms with van der Waals surface area (Å²) in [5, 5.41) is 8.21. The molecule has 0 aliphatic heterocycles. The lowest BCUT2D eigenvalue weighted by atomic mass is 10.2. The SMILES string of the molecule is N=C(N)CCCCOc1cccc2cccnc12. The number of fused-ring (bicyclic) bond motifs is 1. The standard InChI is InChI=1S/C14H17N3O/c15-13(16)8-1-2-10-18-12-7-3-5-11-6-4-9-17-14(11)12/h3-7,9H,1-2,8,10H2,(H3,15,16). The molecule has 0 fully saturated rings. The number of amidine groups is 1. The molecule has 0 unspecified atom stereocenters. The number of para-hydroxylation sites is 1. The lowest BCUT2D eigenvalue weighted by molar-refractivity contribution is 0.311. The van der Waals surface area contributed by atoms with E-state index in [0.29, 0.717) is 13.0 Å². The monoisotopic (exact) mass is 243 g/mol. The molecule has 2 aromatic rings. The number of rotatable bonds is 6. The maximum absolute atomic E-state index is 7.13. The number of nitrogens with zero attached hydrogens (tertiary/aromatic N) is 1. The third-order valence-electron chi connectivity index (χ3n) is 2.69. The van der Waals surface area contributed by atoms with Gasteiger partial charge in [-0.2, -0.15) is 0 Å². The molecule has 18 heavy (non-hydrogen) atoms.